The zero-order valence-corrected chi connectivity index (χ0v) is 15.6. The number of hydrogen-bond donors (Lipinski definition) is 1. The Kier molecular flexibility index (Phi) is 6.58. The molecule has 1 aliphatic rings. The highest BCUT2D eigenvalue weighted by molar-refractivity contribution is 5.85. The van der Waals surface area contributed by atoms with Gasteiger partial charge in [0, 0.05) is 37.2 Å². The molecule has 130 valence electrons. The van der Waals surface area contributed by atoms with Crippen LogP contribution in [0.1, 0.15) is 30.7 Å². The Hall–Kier alpha value is -1.65. The van der Waals surface area contributed by atoms with Crippen LogP contribution in [0.25, 0.3) is 11.3 Å². The molecule has 0 bridgehead atoms. The topological polar surface area (TPSA) is 41.1 Å². The van der Waals surface area contributed by atoms with E-state index in [1.54, 1.807) is 0 Å². The fraction of sp³-hybridized carbons (Fsp3) is 0.474. The first-order valence-electron chi connectivity index (χ1n) is 8.65. The van der Waals surface area contributed by atoms with Gasteiger partial charge in [0.2, 0.25) is 5.95 Å². The molecular weight excluding hydrogens is 320 g/mol. The van der Waals surface area contributed by atoms with Crippen molar-refractivity contribution in [2.75, 3.05) is 31.1 Å². The van der Waals surface area contributed by atoms with E-state index in [2.05, 4.69) is 55.3 Å². The van der Waals surface area contributed by atoms with Crippen LogP contribution in [0.4, 0.5) is 5.95 Å². The van der Waals surface area contributed by atoms with E-state index in [9.17, 15) is 0 Å². The van der Waals surface area contributed by atoms with E-state index in [0.29, 0.717) is 0 Å². The van der Waals surface area contributed by atoms with Gasteiger partial charge < -0.3 is 10.2 Å². The van der Waals surface area contributed by atoms with E-state index in [0.717, 1.165) is 50.7 Å². The molecule has 1 N–H and O–H groups in total. The number of nitrogens with zero attached hydrogens (tertiary/aromatic N) is 3. The van der Waals surface area contributed by atoms with E-state index < -0.39 is 0 Å². The van der Waals surface area contributed by atoms with E-state index in [4.69, 9.17) is 9.97 Å². The Bertz CT molecular complexity index is 666. The maximum atomic E-state index is 4.96. The minimum Gasteiger partial charge on any atom is -0.341 e. The van der Waals surface area contributed by atoms with Crippen molar-refractivity contribution in [3.63, 3.8) is 0 Å². The molecule has 24 heavy (non-hydrogen) atoms. The molecule has 3 rings (SSSR count). The molecule has 0 saturated heterocycles. The molecule has 0 atom stereocenters. The number of benzene rings is 1. The predicted molar refractivity (Wildman–Crippen MR) is 103 cm³/mol. The Morgan fingerprint density at radius 1 is 1.00 bits per heavy atom. The van der Waals surface area contributed by atoms with Crippen molar-refractivity contribution in [1.82, 2.24) is 15.3 Å². The number of fused-ring (bicyclic) bond motifs is 1. The van der Waals surface area contributed by atoms with Gasteiger partial charge in [-0.2, -0.15) is 0 Å². The lowest BCUT2D eigenvalue weighted by Crippen LogP contribution is -2.25. The highest BCUT2D eigenvalue weighted by atomic mass is 35.5. The van der Waals surface area contributed by atoms with Gasteiger partial charge in [-0.3, -0.25) is 0 Å². The third-order valence-electron chi connectivity index (χ3n) is 4.54. The van der Waals surface area contributed by atoms with Crippen molar-refractivity contribution in [2.24, 2.45) is 0 Å². The molecule has 0 radical (unpaired) electrons. The highest BCUT2D eigenvalue weighted by Crippen LogP contribution is 2.28. The Morgan fingerprint density at radius 3 is 2.33 bits per heavy atom. The molecule has 0 spiro atoms. The van der Waals surface area contributed by atoms with E-state index in [1.807, 2.05) is 0 Å². The first-order valence-corrected chi connectivity index (χ1v) is 8.65. The Labute approximate surface area is 151 Å². The number of halogens is 1. The molecular formula is C19H27ClN4. The lowest BCUT2D eigenvalue weighted by atomic mass is 10.0. The molecule has 0 fully saturated rings. The summed E-state index contributed by atoms with van der Waals surface area (Å²) < 4.78 is 0. The minimum absolute atomic E-state index is 0. The summed E-state index contributed by atoms with van der Waals surface area (Å²) in [5.74, 6) is 0.867. The van der Waals surface area contributed by atoms with Crippen molar-refractivity contribution in [3.8, 4) is 11.3 Å². The Balaban J connectivity index is 0.00000208. The summed E-state index contributed by atoms with van der Waals surface area (Å²) in [5, 5.41) is 3.48. The molecule has 2 aromatic rings. The summed E-state index contributed by atoms with van der Waals surface area (Å²) in [5.41, 5.74) is 6.11. The summed E-state index contributed by atoms with van der Waals surface area (Å²) in [6, 6.07) is 8.69. The van der Waals surface area contributed by atoms with E-state index in [-0.39, 0.29) is 12.4 Å². The second-order valence-electron chi connectivity index (χ2n) is 6.09. The van der Waals surface area contributed by atoms with Gasteiger partial charge in [0.15, 0.2) is 0 Å². The van der Waals surface area contributed by atoms with Crippen molar-refractivity contribution in [3.05, 3.63) is 41.1 Å². The third kappa shape index (κ3) is 3.87. The van der Waals surface area contributed by atoms with Gasteiger partial charge in [0.1, 0.15) is 0 Å². The van der Waals surface area contributed by atoms with Crippen LogP contribution in [0.5, 0.6) is 0 Å². The molecule has 0 aliphatic carbocycles. The third-order valence-corrected chi connectivity index (χ3v) is 4.54. The van der Waals surface area contributed by atoms with Crippen LogP contribution < -0.4 is 10.2 Å². The quantitative estimate of drug-likeness (QED) is 0.921. The average Bonchev–Trinajstić information content (AvgIpc) is 2.81. The van der Waals surface area contributed by atoms with Gasteiger partial charge in [-0.25, -0.2) is 9.97 Å². The average molecular weight is 347 g/mol. The molecule has 5 heteroatoms. The van der Waals surface area contributed by atoms with E-state index in [1.165, 1.54) is 22.4 Å². The molecule has 0 amide bonds. The normalized spacial score (nSPS) is 13.6. The van der Waals surface area contributed by atoms with Gasteiger partial charge in [-0.1, -0.05) is 29.8 Å². The van der Waals surface area contributed by atoms with Gasteiger partial charge in [-0.15, -0.1) is 12.4 Å². The molecule has 0 unspecified atom stereocenters. The van der Waals surface area contributed by atoms with Gasteiger partial charge in [0.25, 0.3) is 0 Å². The van der Waals surface area contributed by atoms with Crippen LogP contribution in [0, 0.1) is 6.92 Å². The molecule has 1 aromatic carbocycles. The van der Waals surface area contributed by atoms with Crippen molar-refractivity contribution >= 4 is 18.4 Å². The maximum Gasteiger partial charge on any atom is 0.226 e. The molecule has 1 aliphatic heterocycles. The smallest absolute Gasteiger partial charge is 0.226 e. The highest BCUT2D eigenvalue weighted by Gasteiger charge is 2.19. The Morgan fingerprint density at radius 2 is 1.67 bits per heavy atom. The summed E-state index contributed by atoms with van der Waals surface area (Å²) in [7, 11) is 0. The number of aromatic nitrogens is 2. The van der Waals surface area contributed by atoms with Gasteiger partial charge in [0.05, 0.1) is 11.4 Å². The molecule has 4 nitrogen and oxygen atoms in total. The predicted octanol–water partition coefficient (Wildman–Crippen LogP) is 3.41. The van der Waals surface area contributed by atoms with Crippen LogP contribution in [0.2, 0.25) is 0 Å². The maximum absolute atomic E-state index is 4.96. The van der Waals surface area contributed by atoms with Crippen LogP contribution in [-0.2, 0) is 12.8 Å². The van der Waals surface area contributed by atoms with Crippen molar-refractivity contribution < 1.29 is 0 Å². The van der Waals surface area contributed by atoms with E-state index >= 15 is 0 Å². The fourth-order valence-electron chi connectivity index (χ4n) is 3.13. The summed E-state index contributed by atoms with van der Waals surface area (Å²) in [6.45, 7) is 10.3. The number of aryl methyl sites for hydroxylation is 1. The lowest BCUT2D eigenvalue weighted by molar-refractivity contribution is 0.708. The number of hydrogen-bond acceptors (Lipinski definition) is 4. The zero-order valence-electron chi connectivity index (χ0n) is 14.8. The SMILES string of the molecule is CCN(CC)c1nc2c(c(-c3ccc(C)cc3)n1)CCNCC2.Cl. The molecule has 0 saturated carbocycles. The second kappa shape index (κ2) is 8.45. The minimum atomic E-state index is 0. The van der Waals surface area contributed by atoms with Gasteiger partial charge >= 0.3 is 0 Å². The number of rotatable bonds is 4. The largest absolute Gasteiger partial charge is 0.341 e. The lowest BCUT2D eigenvalue weighted by Gasteiger charge is -2.22. The monoisotopic (exact) mass is 346 g/mol. The van der Waals surface area contributed by atoms with Crippen LogP contribution >= 0.6 is 12.4 Å². The summed E-state index contributed by atoms with van der Waals surface area (Å²) in [4.78, 5) is 12.1. The number of anilines is 1. The first-order chi connectivity index (χ1) is 11.2. The summed E-state index contributed by atoms with van der Waals surface area (Å²) in [6.07, 6.45) is 1.97. The van der Waals surface area contributed by atoms with Gasteiger partial charge in [-0.05, 0) is 33.7 Å². The van der Waals surface area contributed by atoms with Crippen molar-refractivity contribution in [1.29, 1.82) is 0 Å². The molecule has 2 heterocycles. The molecule has 1 aromatic heterocycles. The fourth-order valence-corrected chi connectivity index (χ4v) is 3.13. The summed E-state index contributed by atoms with van der Waals surface area (Å²) >= 11 is 0. The number of nitrogens with one attached hydrogen (secondary N) is 1. The van der Waals surface area contributed by atoms with Crippen LogP contribution in [0.3, 0.4) is 0 Å². The van der Waals surface area contributed by atoms with Crippen LogP contribution in [0.15, 0.2) is 24.3 Å². The standard InChI is InChI=1S/C19H26N4.ClH/c1-4-23(5-2)19-21-17-11-13-20-12-10-16(17)18(22-19)15-8-6-14(3)7-9-15;/h6-9,20H,4-5,10-13H2,1-3H3;1H. The zero-order chi connectivity index (χ0) is 16.2. The second-order valence-corrected chi connectivity index (χ2v) is 6.09. The van der Waals surface area contributed by atoms with Crippen LogP contribution in [-0.4, -0.2) is 36.1 Å². The first kappa shape index (κ1) is 18.7. The van der Waals surface area contributed by atoms with Crippen molar-refractivity contribution in [2.45, 2.75) is 33.6 Å².